The fourth-order valence-electron chi connectivity index (χ4n) is 1.70. The molecule has 0 bridgehead atoms. The summed E-state index contributed by atoms with van der Waals surface area (Å²) >= 11 is 0. The van der Waals surface area contributed by atoms with Crippen LogP contribution in [0.5, 0.6) is 0 Å². The van der Waals surface area contributed by atoms with Crippen LogP contribution in [0.3, 0.4) is 0 Å². The van der Waals surface area contributed by atoms with Crippen LogP contribution in [-0.4, -0.2) is 22.8 Å². The Morgan fingerprint density at radius 3 is 3.25 bits per heavy atom. The summed E-state index contributed by atoms with van der Waals surface area (Å²) in [5.41, 5.74) is 5.79. The van der Waals surface area contributed by atoms with Crippen molar-refractivity contribution >= 4 is 17.8 Å². The average Bonchev–Trinajstić information content (AvgIpc) is 2.48. The van der Waals surface area contributed by atoms with Gasteiger partial charge in [0.25, 0.3) is 0 Å². The summed E-state index contributed by atoms with van der Waals surface area (Å²) in [4.78, 5) is 19.5. The van der Waals surface area contributed by atoms with E-state index in [4.69, 9.17) is 0 Å². The van der Waals surface area contributed by atoms with E-state index in [0.29, 0.717) is 17.8 Å². The summed E-state index contributed by atoms with van der Waals surface area (Å²) in [5.74, 6) is -0.141. The molecule has 3 rings (SSSR count). The van der Waals surface area contributed by atoms with Crippen molar-refractivity contribution < 1.29 is 4.79 Å². The normalized spacial score (nSPS) is 17.6. The van der Waals surface area contributed by atoms with Crippen molar-refractivity contribution in [2.75, 3.05) is 0 Å². The van der Waals surface area contributed by atoms with E-state index in [1.165, 1.54) is 0 Å². The molecule has 0 saturated heterocycles. The quantitative estimate of drug-likeness (QED) is 0.685. The first-order chi connectivity index (χ1) is 7.84. The standard InChI is InChI=1S/C11H8N4O/c16-10-4-3-8-11(14-10)7-2-1-5-12-9(7)6-13-15-8/h1-3,5-6,15H,4H2. The number of aromatic nitrogens is 1. The van der Waals surface area contributed by atoms with Gasteiger partial charge in [0.1, 0.15) is 5.71 Å². The Balaban J connectivity index is 2.23. The molecule has 0 radical (unpaired) electrons. The fraction of sp³-hybridized carbons (Fsp3) is 0.0909. The van der Waals surface area contributed by atoms with Crippen molar-refractivity contribution in [3.8, 4) is 0 Å². The number of amides is 1. The number of hydrogen-bond donors (Lipinski definition) is 1. The monoisotopic (exact) mass is 212 g/mol. The first-order valence-corrected chi connectivity index (χ1v) is 4.91. The molecule has 0 spiro atoms. The molecule has 5 nitrogen and oxygen atoms in total. The molecule has 1 aromatic heterocycles. The Morgan fingerprint density at radius 1 is 1.38 bits per heavy atom. The van der Waals surface area contributed by atoms with Gasteiger partial charge in [-0.05, 0) is 18.2 Å². The van der Waals surface area contributed by atoms with E-state index >= 15 is 0 Å². The highest BCUT2D eigenvalue weighted by atomic mass is 16.1. The topological polar surface area (TPSA) is 66.7 Å². The Kier molecular flexibility index (Phi) is 1.89. The van der Waals surface area contributed by atoms with Crippen molar-refractivity contribution in [3.05, 3.63) is 41.4 Å². The molecule has 0 aromatic carbocycles. The van der Waals surface area contributed by atoms with E-state index in [1.54, 1.807) is 18.5 Å². The third-order valence-corrected chi connectivity index (χ3v) is 2.44. The maximum absolute atomic E-state index is 11.3. The zero-order chi connectivity index (χ0) is 11.0. The van der Waals surface area contributed by atoms with Crippen LogP contribution < -0.4 is 5.43 Å². The molecule has 3 heterocycles. The second kappa shape index (κ2) is 3.37. The van der Waals surface area contributed by atoms with Crippen molar-refractivity contribution in [2.45, 2.75) is 6.42 Å². The minimum absolute atomic E-state index is 0.141. The number of carbonyl (C=O) groups is 1. The highest BCUT2D eigenvalue weighted by molar-refractivity contribution is 6.20. The second-order valence-corrected chi connectivity index (χ2v) is 3.48. The zero-order valence-corrected chi connectivity index (χ0v) is 8.34. The van der Waals surface area contributed by atoms with Crippen molar-refractivity contribution in [2.24, 2.45) is 10.1 Å². The lowest BCUT2D eigenvalue weighted by Crippen LogP contribution is -2.20. The third kappa shape index (κ3) is 1.33. The maximum Gasteiger partial charge on any atom is 0.250 e. The van der Waals surface area contributed by atoms with Crippen molar-refractivity contribution in [3.63, 3.8) is 0 Å². The van der Waals surface area contributed by atoms with Crippen molar-refractivity contribution in [1.29, 1.82) is 0 Å². The number of allylic oxidation sites excluding steroid dienone is 1. The Labute approximate surface area is 91.6 Å². The molecule has 78 valence electrons. The van der Waals surface area contributed by atoms with E-state index in [2.05, 4.69) is 20.5 Å². The van der Waals surface area contributed by atoms with Crippen LogP contribution in [-0.2, 0) is 4.79 Å². The Bertz CT molecular complexity index is 557. The predicted molar refractivity (Wildman–Crippen MR) is 59.2 cm³/mol. The molecule has 0 fully saturated rings. The summed E-state index contributed by atoms with van der Waals surface area (Å²) < 4.78 is 0. The van der Waals surface area contributed by atoms with E-state index in [1.807, 2.05) is 12.1 Å². The highest BCUT2D eigenvalue weighted by Crippen LogP contribution is 2.17. The highest BCUT2D eigenvalue weighted by Gasteiger charge is 2.21. The number of dihydropyridines is 1. The molecule has 0 unspecified atom stereocenters. The second-order valence-electron chi connectivity index (χ2n) is 3.48. The van der Waals surface area contributed by atoms with Gasteiger partial charge in [-0.25, -0.2) is 4.99 Å². The molecule has 0 saturated carbocycles. The van der Waals surface area contributed by atoms with Crippen LogP contribution >= 0.6 is 0 Å². The van der Waals surface area contributed by atoms with Crippen LogP contribution in [0.25, 0.3) is 0 Å². The number of carbonyl (C=O) groups excluding carboxylic acids is 1. The Morgan fingerprint density at radius 2 is 2.31 bits per heavy atom. The van der Waals surface area contributed by atoms with E-state index in [0.717, 1.165) is 11.3 Å². The number of nitrogens with zero attached hydrogens (tertiary/aromatic N) is 3. The minimum Gasteiger partial charge on any atom is -0.277 e. The Hall–Kier alpha value is -2.30. The summed E-state index contributed by atoms with van der Waals surface area (Å²) in [6.45, 7) is 0. The minimum atomic E-state index is -0.141. The molecule has 16 heavy (non-hydrogen) atoms. The van der Waals surface area contributed by atoms with Crippen LogP contribution in [0.1, 0.15) is 17.7 Å². The summed E-state index contributed by atoms with van der Waals surface area (Å²) in [5, 5.41) is 4.02. The maximum atomic E-state index is 11.3. The van der Waals surface area contributed by atoms with Crippen LogP contribution in [0, 0.1) is 0 Å². The van der Waals surface area contributed by atoms with Crippen LogP contribution in [0.15, 0.2) is 40.2 Å². The number of hydrazone groups is 1. The third-order valence-electron chi connectivity index (χ3n) is 2.44. The summed E-state index contributed by atoms with van der Waals surface area (Å²) in [7, 11) is 0. The number of aliphatic imine (C=N–C) groups is 1. The molecule has 2 aliphatic heterocycles. The molecular formula is C11H8N4O. The molecule has 1 N–H and O–H groups in total. The van der Waals surface area contributed by atoms with Gasteiger partial charge in [-0.3, -0.25) is 15.2 Å². The summed E-state index contributed by atoms with van der Waals surface area (Å²) in [6.07, 6.45) is 5.42. The largest absolute Gasteiger partial charge is 0.277 e. The molecule has 0 atom stereocenters. The predicted octanol–water partition coefficient (Wildman–Crippen LogP) is 0.622. The lowest BCUT2D eigenvalue weighted by molar-refractivity contribution is -0.117. The molecular weight excluding hydrogens is 204 g/mol. The van der Waals surface area contributed by atoms with Gasteiger partial charge in [-0.2, -0.15) is 5.10 Å². The van der Waals surface area contributed by atoms with Gasteiger partial charge in [0, 0.05) is 18.2 Å². The van der Waals surface area contributed by atoms with Crippen LogP contribution in [0.4, 0.5) is 0 Å². The summed E-state index contributed by atoms with van der Waals surface area (Å²) in [6, 6.07) is 3.70. The SMILES string of the molecule is O=C1CC=C2NN=Cc3ncccc3C2=N1. The number of nitrogens with one attached hydrogen (secondary N) is 1. The van der Waals surface area contributed by atoms with Crippen molar-refractivity contribution in [1.82, 2.24) is 10.4 Å². The smallest absolute Gasteiger partial charge is 0.250 e. The van der Waals surface area contributed by atoms with Gasteiger partial charge in [0.15, 0.2) is 0 Å². The number of rotatable bonds is 0. The van der Waals surface area contributed by atoms with Gasteiger partial charge < -0.3 is 0 Å². The zero-order valence-electron chi connectivity index (χ0n) is 8.34. The van der Waals surface area contributed by atoms with E-state index < -0.39 is 0 Å². The number of pyridine rings is 1. The first kappa shape index (κ1) is 8.96. The lowest BCUT2D eigenvalue weighted by Gasteiger charge is -2.12. The molecule has 0 aliphatic carbocycles. The van der Waals surface area contributed by atoms with Gasteiger partial charge >= 0.3 is 0 Å². The number of hydrogen-bond acceptors (Lipinski definition) is 4. The fourth-order valence-corrected chi connectivity index (χ4v) is 1.70. The van der Waals surface area contributed by atoms with E-state index in [-0.39, 0.29) is 5.91 Å². The molecule has 1 amide bonds. The van der Waals surface area contributed by atoms with Gasteiger partial charge in [-0.1, -0.05) is 0 Å². The molecule has 2 aliphatic rings. The molecule has 1 aromatic rings. The van der Waals surface area contributed by atoms with Gasteiger partial charge in [0.2, 0.25) is 5.91 Å². The molecule has 5 heteroatoms. The number of fused-ring (bicyclic) bond motifs is 3. The van der Waals surface area contributed by atoms with Crippen LogP contribution in [0.2, 0.25) is 0 Å². The van der Waals surface area contributed by atoms with E-state index in [9.17, 15) is 4.79 Å². The lowest BCUT2D eigenvalue weighted by atomic mass is 10.0. The first-order valence-electron chi connectivity index (χ1n) is 4.91. The van der Waals surface area contributed by atoms with Gasteiger partial charge in [-0.15, -0.1) is 0 Å². The van der Waals surface area contributed by atoms with Gasteiger partial charge in [0.05, 0.1) is 17.6 Å². The average molecular weight is 212 g/mol.